The van der Waals surface area contributed by atoms with Crippen molar-refractivity contribution in [2.24, 2.45) is 5.73 Å². The maximum atomic E-state index is 11.8. The number of nitrogens with two attached hydrogens (primary N) is 1. The van der Waals surface area contributed by atoms with Crippen LogP contribution in [0.15, 0.2) is 0 Å². The lowest BCUT2D eigenvalue weighted by atomic mass is 10.1. The van der Waals surface area contributed by atoms with Gasteiger partial charge < -0.3 is 31.1 Å². The Bertz CT molecular complexity index is 446. The van der Waals surface area contributed by atoms with Gasteiger partial charge in [0.25, 0.3) is 0 Å². The summed E-state index contributed by atoms with van der Waals surface area (Å²) in [6.07, 6.45) is -0.351. The molecular formula is C12H21N3O7S. The Hall–Kier alpha value is -1.85. The van der Waals surface area contributed by atoms with Gasteiger partial charge in [-0.05, 0) is 13.3 Å². The number of carboxylic acids is 2. The van der Waals surface area contributed by atoms with Gasteiger partial charge >= 0.3 is 11.9 Å². The molecule has 0 aliphatic rings. The topological polar surface area (TPSA) is 182 Å². The van der Waals surface area contributed by atoms with E-state index in [4.69, 9.17) is 15.9 Å². The standard InChI is InChI=1S/C12H21N3O7S/c1-2-23(22)6-8(11(19)14-5-10(17)18)15-9(16)4-3-7(13)12(20)21/h7-8H,2-6,13H2,1H3,(H,14,19)(H,15,16)(H,17,18)(H,20,21). The van der Waals surface area contributed by atoms with Crippen LogP contribution in [0, 0.1) is 0 Å². The molecule has 132 valence electrons. The summed E-state index contributed by atoms with van der Waals surface area (Å²) < 4.78 is 11.6. The molecule has 3 unspecified atom stereocenters. The van der Waals surface area contributed by atoms with Gasteiger partial charge in [0.15, 0.2) is 6.04 Å². The van der Waals surface area contributed by atoms with E-state index in [1.165, 1.54) is 0 Å². The minimum Gasteiger partial charge on any atom is -0.616 e. The summed E-state index contributed by atoms with van der Waals surface area (Å²) in [6.45, 7) is 1.00. The third kappa shape index (κ3) is 9.71. The molecule has 0 aromatic heterocycles. The normalized spacial score (nSPS) is 14.4. The van der Waals surface area contributed by atoms with Crippen molar-refractivity contribution in [1.29, 1.82) is 0 Å². The smallest absolute Gasteiger partial charge is 0.322 e. The Morgan fingerprint density at radius 2 is 1.87 bits per heavy atom. The Balaban J connectivity index is 4.60. The second kappa shape index (κ2) is 10.8. The molecule has 11 heteroatoms. The third-order valence-corrected chi connectivity index (χ3v) is 4.09. The summed E-state index contributed by atoms with van der Waals surface area (Å²) in [5, 5.41) is 21.5. The van der Waals surface area contributed by atoms with Crippen LogP contribution in [-0.4, -0.2) is 68.7 Å². The van der Waals surface area contributed by atoms with E-state index >= 15 is 0 Å². The number of carbonyl (C=O) groups is 4. The van der Waals surface area contributed by atoms with E-state index in [0.717, 1.165) is 0 Å². The first-order valence-electron chi connectivity index (χ1n) is 6.79. The van der Waals surface area contributed by atoms with Gasteiger partial charge in [0.2, 0.25) is 11.8 Å². The molecule has 0 aromatic carbocycles. The Labute approximate surface area is 136 Å². The van der Waals surface area contributed by atoms with Crippen molar-refractivity contribution in [3.8, 4) is 0 Å². The monoisotopic (exact) mass is 351 g/mol. The summed E-state index contributed by atoms with van der Waals surface area (Å²) in [4.78, 5) is 44.6. The van der Waals surface area contributed by atoms with Crippen molar-refractivity contribution >= 4 is 34.9 Å². The van der Waals surface area contributed by atoms with Crippen molar-refractivity contribution < 1.29 is 33.9 Å². The average molecular weight is 351 g/mol. The molecule has 0 fully saturated rings. The van der Waals surface area contributed by atoms with Crippen molar-refractivity contribution in [2.75, 3.05) is 18.1 Å². The van der Waals surface area contributed by atoms with E-state index in [-0.39, 0.29) is 24.3 Å². The molecule has 0 saturated heterocycles. The predicted molar refractivity (Wildman–Crippen MR) is 81.0 cm³/mol. The van der Waals surface area contributed by atoms with Crippen LogP contribution in [0.5, 0.6) is 0 Å². The highest BCUT2D eigenvalue weighted by Gasteiger charge is 2.26. The van der Waals surface area contributed by atoms with Crippen LogP contribution in [0.25, 0.3) is 0 Å². The van der Waals surface area contributed by atoms with Gasteiger partial charge in [-0.25, -0.2) is 0 Å². The van der Waals surface area contributed by atoms with E-state index in [1.807, 2.05) is 0 Å². The fourth-order valence-electron chi connectivity index (χ4n) is 1.45. The summed E-state index contributed by atoms with van der Waals surface area (Å²) in [7, 11) is 0. The fourth-order valence-corrected chi connectivity index (χ4v) is 2.29. The Morgan fingerprint density at radius 1 is 1.26 bits per heavy atom. The molecule has 0 rings (SSSR count). The SMILES string of the molecule is CC[S+]([O-])CC(NC(=O)CCC(N)C(=O)O)C(=O)NCC(=O)O. The van der Waals surface area contributed by atoms with E-state index in [2.05, 4.69) is 10.6 Å². The minimum atomic E-state index is -1.37. The molecule has 23 heavy (non-hydrogen) atoms. The first-order chi connectivity index (χ1) is 10.7. The predicted octanol–water partition coefficient (Wildman–Crippen LogP) is -2.37. The number of carbonyl (C=O) groups excluding carboxylic acids is 2. The second-order valence-corrected chi connectivity index (χ2v) is 6.40. The van der Waals surface area contributed by atoms with E-state index in [9.17, 15) is 23.7 Å². The van der Waals surface area contributed by atoms with Crippen LogP contribution in [0.4, 0.5) is 0 Å². The summed E-state index contributed by atoms with van der Waals surface area (Å²) in [5.41, 5.74) is 5.27. The molecule has 10 nitrogen and oxygen atoms in total. The molecule has 0 bridgehead atoms. The van der Waals surface area contributed by atoms with Gasteiger partial charge in [0.05, 0.1) is 0 Å². The van der Waals surface area contributed by atoms with E-state index in [1.54, 1.807) is 6.92 Å². The first kappa shape index (κ1) is 21.1. The first-order valence-corrected chi connectivity index (χ1v) is 8.28. The van der Waals surface area contributed by atoms with Crippen LogP contribution in [0.2, 0.25) is 0 Å². The number of rotatable bonds is 11. The van der Waals surface area contributed by atoms with Gasteiger partial charge in [-0.1, -0.05) is 11.2 Å². The molecule has 0 aromatic rings. The summed E-state index contributed by atoms with van der Waals surface area (Å²) in [5.74, 6) is -3.82. The van der Waals surface area contributed by atoms with Crippen LogP contribution < -0.4 is 16.4 Å². The fraction of sp³-hybridized carbons (Fsp3) is 0.667. The van der Waals surface area contributed by atoms with Gasteiger partial charge in [0.1, 0.15) is 24.1 Å². The van der Waals surface area contributed by atoms with Crippen LogP contribution in [0.1, 0.15) is 19.8 Å². The molecule has 0 spiro atoms. The van der Waals surface area contributed by atoms with Gasteiger partial charge in [-0.3, -0.25) is 19.2 Å². The number of hydrogen-bond acceptors (Lipinski definition) is 6. The number of carboxylic acid groups (broad SMARTS) is 2. The zero-order valence-electron chi connectivity index (χ0n) is 12.6. The second-order valence-electron chi connectivity index (χ2n) is 4.61. The maximum absolute atomic E-state index is 11.8. The molecular weight excluding hydrogens is 330 g/mol. The lowest BCUT2D eigenvalue weighted by Gasteiger charge is -2.19. The zero-order chi connectivity index (χ0) is 18.0. The molecule has 0 radical (unpaired) electrons. The van der Waals surface area contributed by atoms with Gasteiger partial charge in [-0.15, -0.1) is 0 Å². The molecule has 2 amide bonds. The number of hydrogen-bond donors (Lipinski definition) is 5. The quantitative estimate of drug-likeness (QED) is 0.256. The molecule has 6 N–H and O–H groups in total. The van der Waals surface area contributed by atoms with E-state index in [0.29, 0.717) is 0 Å². The number of aliphatic carboxylic acids is 2. The van der Waals surface area contributed by atoms with Crippen LogP contribution in [-0.2, 0) is 30.4 Å². The average Bonchev–Trinajstić information content (AvgIpc) is 2.48. The minimum absolute atomic E-state index is 0.124. The lowest BCUT2D eigenvalue weighted by molar-refractivity contribution is -0.139. The Kier molecular flexibility index (Phi) is 9.94. The van der Waals surface area contributed by atoms with Gasteiger partial charge in [0, 0.05) is 6.42 Å². The van der Waals surface area contributed by atoms with Gasteiger partial charge in [-0.2, -0.15) is 0 Å². The Morgan fingerprint density at radius 3 is 2.35 bits per heavy atom. The number of amides is 2. The highest BCUT2D eigenvalue weighted by atomic mass is 32.2. The zero-order valence-corrected chi connectivity index (χ0v) is 13.4. The van der Waals surface area contributed by atoms with Crippen molar-refractivity contribution in [1.82, 2.24) is 10.6 Å². The van der Waals surface area contributed by atoms with Crippen molar-refractivity contribution in [2.45, 2.75) is 31.8 Å². The van der Waals surface area contributed by atoms with Crippen molar-refractivity contribution in [3.05, 3.63) is 0 Å². The van der Waals surface area contributed by atoms with Crippen LogP contribution in [0.3, 0.4) is 0 Å². The third-order valence-electron chi connectivity index (χ3n) is 2.74. The maximum Gasteiger partial charge on any atom is 0.322 e. The molecule has 3 atom stereocenters. The van der Waals surface area contributed by atoms with E-state index < -0.39 is 53.6 Å². The summed E-state index contributed by atoms with van der Waals surface area (Å²) in [6, 6.07) is -2.37. The molecule has 0 saturated carbocycles. The summed E-state index contributed by atoms with van der Waals surface area (Å²) >= 11 is -1.37. The largest absolute Gasteiger partial charge is 0.616 e. The highest BCUT2D eigenvalue weighted by Crippen LogP contribution is 2.00. The van der Waals surface area contributed by atoms with Crippen LogP contribution >= 0.6 is 0 Å². The highest BCUT2D eigenvalue weighted by molar-refractivity contribution is 7.91. The van der Waals surface area contributed by atoms with Crippen molar-refractivity contribution in [3.63, 3.8) is 0 Å². The lowest BCUT2D eigenvalue weighted by Crippen LogP contribution is -2.51. The number of nitrogens with one attached hydrogen (secondary N) is 2. The molecule has 0 heterocycles. The molecule has 0 aliphatic carbocycles. The molecule has 0 aliphatic heterocycles.